The van der Waals surface area contributed by atoms with E-state index in [0.29, 0.717) is 12.1 Å². The van der Waals surface area contributed by atoms with E-state index in [1.54, 1.807) is 0 Å². The normalized spacial score (nSPS) is 22.9. The lowest BCUT2D eigenvalue weighted by atomic mass is 10.0. The van der Waals surface area contributed by atoms with Crippen LogP contribution >= 0.6 is 0 Å². The van der Waals surface area contributed by atoms with Crippen molar-refractivity contribution in [3.63, 3.8) is 0 Å². The van der Waals surface area contributed by atoms with Crippen molar-refractivity contribution in [1.29, 1.82) is 0 Å². The Balaban J connectivity index is 2.00. The van der Waals surface area contributed by atoms with Gasteiger partial charge in [0.2, 0.25) is 0 Å². The number of aryl methyl sites for hydroxylation is 1. The summed E-state index contributed by atoms with van der Waals surface area (Å²) in [7, 11) is 2.04. The second-order valence-electron chi connectivity index (χ2n) is 5.20. The van der Waals surface area contributed by atoms with Crippen molar-refractivity contribution in [2.45, 2.75) is 26.0 Å². The Hall–Kier alpha value is -0.900. The zero-order chi connectivity index (χ0) is 13.0. The lowest BCUT2D eigenvalue weighted by Crippen LogP contribution is -2.44. The van der Waals surface area contributed by atoms with Gasteiger partial charge in [-0.2, -0.15) is 0 Å². The van der Waals surface area contributed by atoms with Gasteiger partial charge in [0, 0.05) is 25.7 Å². The number of ether oxygens (including phenoxy) is 1. The predicted molar refractivity (Wildman–Crippen MR) is 74.8 cm³/mol. The molecule has 0 radical (unpaired) electrons. The molecule has 0 saturated carbocycles. The average Bonchev–Trinajstić information content (AvgIpc) is 2.36. The highest BCUT2D eigenvalue weighted by atomic mass is 16.5. The van der Waals surface area contributed by atoms with Crippen molar-refractivity contribution in [3.8, 4) is 0 Å². The summed E-state index contributed by atoms with van der Waals surface area (Å²) in [5.41, 5.74) is 2.69. The summed E-state index contributed by atoms with van der Waals surface area (Å²) in [5, 5.41) is 3.43. The first-order valence-electron chi connectivity index (χ1n) is 6.77. The van der Waals surface area contributed by atoms with Crippen LogP contribution in [0.2, 0.25) is 0 Å². The SMILES string of the molecule is CNC(CN1CCOC(C)C1)c1cccc(C)c1. The molecule has 0 spiro atoms. The van der Waals surface area contributed by atoms with E-state index in [1.165, 1.54) is 11.1 Å². The average molecular weight is 248 g/mol. The van der Waals surface area contributed by atoms with E-state index in [9.17, 15) is 0 Å². The second kappa shape index (κ2) is 6.32. The molecule has 1 aliphatic rings. The summed E-state index contributed by atoms with van der Waals surface area (Å²) < 4.78 is 5.59. The number of nitrogens with zero attached hydrogens (tertiary/aromatic N) is 1. The molecule has 0 aromatic heterocycles. The number of benzene rings is 1. The number of nitrogens with one attached hydrogen (secondary N) is 1. The quantitative estimate of drug-likeness (QED) is 0.882. The Labute approximate surface area is 110 Å². The number of morpholine rings is 1. The molecule has 1 saturated heterocycles. The van der Waals surface area contributed by atoms with Gasteiger partial charge < -0.3 is 10.1 Å². The van der Waals surface area contributed by atoms with Crippen LogP contribution in [0.15, 0.2) is 24.3 Å². The number of likely N-dealkylation sites (N-methyl/N-ethyl adjacent to an activating group) is 1. The molecular formula is C15H24N2O. The molecule has 100 valence electrons. The smallest absolute Gasteiger partial charge is 0.0674 e. The van der Waals surface area contributed by atoms with Crippen LogP contribution in [0.1, 0.15) is 24.1 Å². The zero-order valence-electron chi connectivity index (χ0n) is 11.6. The van der Waals surface area contributed by atoms with Gasteiger partial charge in [-0.15, -0.1) is 0 Å². The Morgan fingerprint density at radius 1 is 1.50 bits per heavy atom. The molecule has 1 aromatic carbocycles. The third-order valence-electron chi connectivity index (χ3n) is 3.56. The lowest BCUT2D eigenvalue weighted by Gasteiger charge is -2.33. The molecule has 2 unspecified atom stereocenters. The largest absolute Gasteiger partial charge is 0.376 e. The van der Waals surface area contributed by atoms with E-state index in [4.69, 9.17) is 4.74 Å². The van der Waals surface area contributed by atoms with Crippen molar-refractivity contribution in [3.05, 3.63) is 35.4 Å². The summed E-state index contributed by atoms with van der Waals surface area (Å²) in [6.07, 6.45) is 0.355. The molecule has 2 atom stereocenters. The molecule has 18 heavy (non-hydrogen) atoms. The van der Waals surface area contributed by atoms with Gasteiger partial charge in [0.15, 0.2) is 0 Å². The van der Waals surface area contributed by atoms with E-state index >= 15 is 0 Å². The van der Waals surface area contributed by atoms with Crippen LogP contribution in [-0.4, -0.2) is 44.3 Å². The standard InChI is InChI=1S/C15H24N2O/c1-12-5-4-6-14(9-12)15(16-3)11-17-7-8-18-13(2)10-17/h4-6,9,13,15-16H,7-8,10-11H2,1-3H3. The second-order valence-corrected chi connectivity index (χ2v) is 5.20. The summed E-state index contributed by atoms with van der Waals surface area (Å²) in [5.74, 6) is 0. The molecule has 0 bridgehead atoms. The van der Waals surface area contributed by atoms with E-state index in [0.717, 1.165) is 26.2 Å². The van der Waals surface area contributed by atoms with Gasteiger partial charge in [-0.25, -0.2) is 0 Å². The molecule has 1 heterocycles. The molecule has 1 aromatic rings. The van der Waals surface area contributed by atoms with Crippen LogP contribution in [0.4, 0.5) is 0 Å². The number of hydrogen-bond acceptors (Lipinski definition) is 3. The predicted octanol–water partition coefficient (Wildman–Crippen LogP) is 1.98. The fourth-order valence-electron chi connectivity index (χ4n) is 2.56. The van der Waals surface area contributed by atoms with Crippen molar-refractivity contribution in [1.82, 2.24) is 10.2 Å². The topological polar surface area (TPSA) is 24.5 Å². The third kappa shape index (κ3) is 3.55. The van der Waals surface area contributed by atoms with Crippen LogP contribution < -0.4 is 5.32 Å². The zero-order valence-corrected chi connectivity index (χ0v) is 11.6. The fraction of sp³-hybridized carbons (Fsp3) is 0.600. The Kier molecular flexibility index (Phi) is 4.75. The summed E-state index contributed by atoms with van der Waals surface area (Å²) >= 11 is 0. The highest BCUT2D eigenvalue weighted by Crippen LogP contribution is 2.17. The highest BCUT2D eigenvalue weighted by molar-refractivity contribution is 5.25. The maximum absolute atomic E-state index is 5.59. The van der Waals surface area contributed by atoms with Crippen molar-refractivity contribution in [2.75, 3.05) is 33.3 Å². The van der Waals surface area contributed by atoms with E-state index in [2.05, 4.69) is 48.3 Å². The van der Waals surface area contributed by atoms with E-state index in [-0.39, 0.29) is 0 Å². The van der Waals surface area contributed by atoms with Gasteiger partial charge in [-0.1, -0.05) is 29.8 Å². The van der Waals surface area contributed by atoms with Crippen LogP contribution in [0.3, 0.4) is 0 Å². The first kappa shape index (κ1) is 13.5. The molecule has 1 fully saturated rings. The molecule has 1 N–H and O–H groups in total. The molecule has 1 aliphatic heterocycles. The van der Waals surface area contributed by atoms with Gasteiger partial charge in [-0.05, 0) is 26.5 Å². The molecule has 0 aliphatic carbocycles. The van der Waals surface area contributed by atoms with Gasteiger partial charge in [0.25, 0.3) is 0 Å². The maximum atomic E-state index is 5.59. The first-order valence-corrected chi connectivity index (χ1v) is 6.77. The Bertz CT molecular complexity index is 381. The fourth-order valence-corrected chi connectivity index (χ4v) is 2.56. The molecule has 3 heteroatoms. The van der Waals surface area contributed by atoms with Crippen molar-refractivity contribution >= 4 is 0 Å². The lowest BCUT2D eigenvalue weighted by molar-refractivity contribution is -0.0208. The van der Waals surface area contributed by atoms with Gasteiger partial charge in [-0.3, -0.25) is 4.90 Å². The van der Waals surface area contributed by atoms with Crippen molar-refractivity contribution in [2.24, 2.45) is 0 Å². The van der Waals surface area contributed by atoms with Gasteiger partial charge in [0.1, 0.15) is 0 Å². The Morgan fingerprint density at radius 3 is 3.00 bits per heavy atom. The van der Waals surface area contributed by atoms with Crippen molar-refractivity contribution < 1.29 is 4.74 Å². The number of rotatable bonds is 4. The minimum Gasteiger partial charge on any atom is -0.376 e. The van der Waals surface area contributed by atoms with Crippen LogP contribution in [0, 0.1) is 6.92 Å². The highest BCUT2D eigenvalue weighted by Gasteiger charge is 2.20. The minimum absolute atomic E-state index is 0.355. The summed E-state index contributed by atoms with van der Waals surface area (Å²) in [4.78, 5) is 2.48. The summed E-state index contributed by atoms with van der Waals surface area (Å²) in [6, 6.07) is 9.16. The van der Waals surface area contributed by atoms with Crippen LogP contribution in [0.25, 0.3) is 0 Å². The van der Waals surface area contributed by atoms with E-state index < -0.39 is 0 Å². The van der Waals surface area contributed by atoms with Gasteiger partial charge >= 0.3 is 0 Å². The van der Waals surface area contributed by atoms with Gasteiger partial charge in [0.05, 0.1) is 12.7 Å². The van der Waals surface area contributed by atoms with Crippen LogP contribution in [0.5, 0.6) is 0 Å². The number of hydrogen-bond donors (Lipinski definition) is 1. The molecule has 2 rings (SSSR count). The van der Waals surface area contributed by atoms with E-state index in [1.807, 2.05) is 7.05 Å². The minimum atomic E-state index is 0.355. The monoisotopic (exact) mass is 248 g/mol. The summed E-state index contributed by atoms with van der Waals surface area (Å²) in [6.45, 7) is 8.26. The first-order chi connectivity index (χ1) is 8.69. The Morgan fingerprint density at radius 2 is 2.33 bits per heavy atom. The van der Waals surface area contributed by atoms with Crippen LogP contribution in [-0.2, 0) is 4.74 Å². The maximum Gasteiger partial charge on any atom is 0.0674 e. The molecule has 0 amide bonds. The molecule has 3 nitrogen and oxygen atoms in total. The molecular weight excluding hydrogens is 224 g/mol. The third-order valence-corrected chi connectivity index (χ3v) is 3.56.